The third-order valence-corrected chi connectivity index (χ3v) is 5.50. The van der Waals surface area contributed by atoms with Gasteiger partial charge in [0, 0.05) is 0 Å². The predicted octanol–water partition coefficient (Wildman–Crippen LogP) is -0.839. The number of carboxylic acid groups (broad SMARTS) is 2. The van der Waals surface area contributed by atoms with Gasteiger partial charge in [-0.2, -0.15) is 11.8 Å². The fourth-order valence-electron chi connectivity index (χ4n) is 3.11. The van der Waals surface area contributed by atoms with Crippen LogP contribution in [0.15, 0.2) is 0 Å². The Kier molecular flexibility index (Phi) is 11.3. The number of nitrogens with one attached hydrogen (secondary N) is 4. The maximum atomic E-state index is 12.9. The lowest BCUT2D eigenvalue weighted by molar-refractivity contribution is -0.147. The second-order valence-electron chi connectivity index (χ2n) is 7.72. The maximum absolute atomic E-state index is 12.9. The summed E-state index contributed by atoms with van der Waals surface area (Å²) in [7, 11) is 0. The highest BCUT2D eigenvalue weighted by Crippen LogP contribution is 2.09. The monoisotopic (exact) mass is 460 g/mol. The number of carboxylic acids is 2. The molecular formula is C19H32N4O7S. The highest BCUT2D eigenvalue weighted by Gasteiger charge is 2.33. The van der Waals surface area contributed by atoms with Crippen LogP contribution < -0.4 is 21.3 Å². The molecule has 0 aromatic carbocycles. The summed E-state index contributed by atoms with van der Waals surface area (Å²) in [5, 5.41) is 28.5. The lowest BCUT2D eigenvalue weighted by atomic mass is 10.0. The van der Waals surface area contributed by atoms with Crippen molar-refractivity contribution in [1.82, 2.24) is 21.3 Å². The molecule has 0 aromatic heterocycles. The van der Waals surface area contributed by atoms with Gasteiger partial charge >= 0.3 is 11.9 Å². The van der Waals surface area contributed by atoms with E-state index in [2.05, 4.69) is 21.3 Å². The van der Waals surface area contributed by atoms with Crippen LogP contribution in [0.2, 0.25) is 0 Å². The molecule has 176 valence electrons. The van der Waals surface area contributed by atoms with E-state index in [9.17, 15) is 24.0 Å². The molecule has 1 saturated heterocycles. The van der Waals surface area contributed by atoms with Crippen LogP contribution in [0.5, 0.6) is 0 Å². The Hall–Kier alpha value is -2.34. The van der Waals surface area contributed by atoms with Crippen molar-refractivity contribution in [3.8, 4) is 0 Å². The minimum absolute atomic E-state index is 0.209. The van der Waals surface area contributed by atoms with Crippen LogP contribution in [0.1, 0.15) is 39.5 Å². The molecule has 4 unspecified atom stereocenters. The van der Waals surface area contributed by atoms with Crippen molar-refractivity contribution in [2.75, 3.05) is 18.6 Å². The predicted molar refractivity (Wildman–Crippen MR) is 115 cm³/mol. The highest BCUT2D eigenvalue weighted by atomic mass is 32.2. The zero-order valence-corrected chi connectivity index (χ0v) is 18.8. The molecule has 31 heavy (non-hydrogen) atoms. The summed E-state index contributed by atoms with van der Waals surface area (Å²) >= 11 is 1.43. The first-order valence-corrected chi connectivity index (χ1v) is 11.5. The van der Waals surface area contributed by atoms with E-state index >= 15 is 0 Å². The first-order chi connectivity index (χ1) is 14.6. The summed E-state index contributed by atoms with van der Waals surface area (Å²) in [6.45, 7) is 4.25. The second kappa shape index (κ2) is 13.2. The molecule has 6 N–H and O–H groups in total. The van der Waals surface area contributed by atoms with Crippen molar-refractivity contribution >= 4 is 41.4 Å². The Labute approximate surface area is 185 Å². The van der Waals surface area contributed by atoms with Gasteiger partial charge in [0.25, 0.3) is 0 Å². The summed E-state index contributed by atoms with van der Waals surface area (Å²) < 4.78 is 0. The zero-order valence-electron chi connectivity index (χ0n) is 18.0. The average molecular weight is 461 g/mol. The quantitative estimate of drug-likeness (QED) is 0.205. The van der Waals surface area contributed by atoms with E-state index in [0.717, 1.165) is 13.0 Å². The first-order valence-electron chi connectivity index (χ1n) is 10.1. The Morgan fingerprint density at radius 3 is 2.16 bits per heavy atom. The van der Waals surface area contributed by atoms with Gasteiger partial charge < -0.3 is 31.5 Å². The third-order valence-electron chi connectivity index (χ3n) is 4.86. The van der Waals surface area contributed by atoms with E-state index in [1.807, 2.05) is 6.26 Å². The van der Waals surface area contributed by atoms with Crippen LogP contribution in [-0.4, -0.2) is 82.6 Å². The van der Waals surface area contributed by atoms with Gasteiger partial charge in [0.1, 0.15) is 18.1 Å². The van der Waals surface area contributed by atoms with Crippen LogP contribution in [0, 0.1) is 5.92 Å². The van der Waals surface area contributed by atoms with E-state index in [1.54, 1.807) is 13.8 Å². The molecule has 0 spiro atoms. The standard InChI is InChI=1S/C19H32N4O7S/c1-10(2)15(23-16(26)11-5-4-7-20-11)18(28)21-12(6-8-31-3)17(27)22-13(19(29)30)9-14(24)25/h10-13,15,20H,4-9H2,1-3H3,(H,21,28)(H,22,27)(H,23,26)(H,24,25)(H,29,30). The SMILES string of the molecule is CSCCC(NC(=O)C(NC(=O)C1CCCN1)C(C)C)C(=O)NC(CC(=O)O)C(=O)O. The van der Waals surface area contributed by atoms with Gasteiger partial charge in [-0.1, -0.05) is 13.8 Å². The van der Waals surface area contributed by atoms with Gasteiger partial charge in [-0.15, -0.1) is 0 Å². The van der Waals surface area contributed by atoms with Crippen LogP contribution in [0.4, 0.5) is 0 Å². The van der Waals surface area contributed by atoms with Crippen molar-refractivity contribution in [1.29, 1.82) is 0 Å². The fourth-order valence-corrected chi connectivity index (χ4v) is 3.58. The van der Waals surface area contributed by atoms with E-state index < -0.39 is 48.3 Å². The number of hydrogen-bond acceptors (Lipinski definition) is 7. The maximum Gasteiger partial charge on any atom is 0.326 e. The van der Waals surface area contributed by atoms with Crippen molar-refractivity contribution in [3.05, 3.63) is 0 Å². The summed E-state index contributed by atoms with van der Waals surface area (Å²) in [5.74, 6) is -4.25. The molecule has 1 fully saturated rings. The number of carbonyl (C=O) groups excluding carboxylic acids is 3. The molecule has 0 aromatic rings. The number of thioether (sulfide) groups is 1. The molecule has 1 rings (SSSR count). The molecule has 0 aliphatic carbocycles. The van der Waals surface area contributed by atoms with Gasteiger partial charge in [0.05, 0.1) is 12.5 Å². The second-order valence-corrected chi connectivity index (χ2v) is 8.70. The Bertz CT molecular complexity index is 668. The van der Waals surface area contributed by atoms with Crippen LogP contribution >= 0.6 is 11.8 Å². The zero-order chi connectivity index (χ0) is 23.6. The van der Waals surface area contributed by atoms with Crippen LogP contribution in [0.25, 0.3) is 0 Å². The Balaban J connectivity index is 2.86. The molecule has 0 saturated carbocycles. The molecule has 1 heterocycles. The molecule has 1 aliphatic heterocycles. The summed E-state index contributed by atoms with van der Waals surface area (Å²) in [6.07, 6.45) is 2.78. The van der Waals surface area contributed by atoms with Gasteiger partial charge in [0.2, 0.25) is 17.7 Å². The smallest absolute Gasteiger partial charge is 0.326 e. The van der Waals surface area contributed by atoms with E-state index in [1.165, 1.54) is 11.8 Å². The highest BCUT2D eigenvalue weighted by molar-refractivity contribution is 7.98. The van der Waals surface area contributed by atoms with Gasteiger partial charge in [0.15, 0.2) is 0 Å². The van der Waals surface area contributed by atoms with Crippen molar-refractivity contribution in [2.24, 2.45) is 5.92 Å². The lowest BCUT2D eigenvalue weighted by Crippen LogP contribution is -2.58. The van der Waals surface area contributed by atoms with Crippen molar-refractivity contribution in [3.63, 3.8) is 0 Å². The summed E-state index contributed by atoms with van der Waals surface area (Å²) in [5.41, 5.74) is 0. The average Bonchev–Trinajstić information content (AvgIpc) is 3.22. The molecule has 1 aliphatic rings. The molecule has 12 heteroatoms. The minimum Gasteiger partial charge on any atom is -0.481 e. The van der Waals surface area contributed by atoms with Crippen LogP contribution in [-0.2, 0) is 24.0 Å². The summed E-state index contributed by atoms with van der Waals surface area (Å²) in [6, 6.07) is -3.93. The van der Waals surface area contributed by atoms with Gasteiger partial charge in [-0.3, -0.25) is 19.2 Å². The fraction of sp³-hybridized carbons (Fsp3) is 0.737. The van der Waals surface area contributed by atoms with Crippen molar-refractivity contribution < 1.29 is 34.2 Å². The largest absolute Gasteiger partial charge is 0.481 e. The van der Waals surface area contributed by atoms with Gasteiger partial charge in [-0.25, -0.2) is 4.79 Å². The normalized spacial score (nSPS) is 18.6. The van der Waals surface area contributed by atoms with Crippen LogP contribution in [0.3, 0.4) is 0 Å². The number of rotatable bonds is 13. The number of aliphatic carboxylic acids is 2. The molecule has 3 amide bonds. The Morgan fingerprint density at radius 2 is 1.68 bits per heavy atom. The van der Waals surface area contributed by atoms with Gasteiger partial charge in [-0.05, 0) is 43.7 Å². The van der Waals surface area contributed by atoms with E-state index in [4.69, 9.17) is 10.2 Å². The Morgan fingerprint density at radius 1 is 1.03 bits per heavy atom. The van der Waals surface area contributed by atoms with E-state index in [-0.39, 0.29) is 24.3 Å². The molecular weight excluding hydrogens is 428 g/mol. The minimum atomic E-state index is -1.62. The third kappa shape index (κ3) is 9.13. The number of hydrogen-bond donors (Lipinski definition) is 6. The molecule has 0 radical (unpaired) electrons. The lowest BCUT2D eigenvalue weighted by Gasteiger charge is -2.26. The van der Waals surface area contributed by atoms with E-state index in [0.29, 0.717) is 12.2 Å². The van der Waals surface area contributed by atoms with Crippen molar-refractivity contribution in [2.45, 2.75) is 63.7 Å². The topological polar surface area (TPSA) is 174 Å². The summed E-state index contributed by atoms with van der Waals surface area (Å²) in [4.78, 5) is 60.0. The first kappa shape index (κ1) is 26.7. The molecule has 11 nitrogen and oxygen atoms in total. The molecule has 0 bridgehead atoms. The number of carbonyl (C=O) groups is 5. The number of amides is 3. The molecule has 4 atom stereocenters.